The molecule has 1 aromatic carbocycles. The van der Waals surface area contributed by atoms with E-state index < -0.39 is 0 Å². The van der Waals surface area contributed by atoms with Crippen molar-refractivity contribution < 1.29 is 4.79 Å². The highest BCUT2D eigenvalue weighted by Crippen LogP contribution is 2.36. The Balaban J connectivity index is 1.70. The molecule has 0 atom stereocenters. The molecule has 1 fully saturated rings. The molecule has 0 saturated heterocycles. The molecule has 1 N–H and O–H groups in total. The summed E-state index contributed by atoms with van der Waals surface area (Å²) in [5, 5.41) is 8.44. The molecule has 1 aliphatic rings. The number of rotatable bonds is 5. The fraction of sp³-hybridized carbons (Fsp3) is 0.333. The third kappa shape index (κ3) is 3.37. The van der Waals surface area contributed by atoms with Crippen molar-refractivity contribution in [2.75, 3.05) is 5.32 Å². The van der Waals surface area contributed by atoms with Crippen LogP contribution in [0.1, 0.15) is 31.3 Å². The van der Waals surface area contributed by atoms with Crippen LogP contribution >= 0.6 is 11.8 Å². The van der Waals surface area contributed by atoms with Gasteiger partial charge in [0.1, 0.15) is 10.9 Å². The van der Waals surface area contributed by atoms with Crippen molar-refractivity contribution in [2.45, 2.75) is 43.0 Å². The third-order valence-electron chi connectivity index (χ3n) is 4.11. The van der Waals surface area contributed by atoms with E-state index in [-0.39, 0.29) is 11.8 Å². The number of anilines is 1. The first kappa shape index (κ1) is 16.1. The van der Waals surface area contributed by atoms with E-state index in [2.05, 4.69) is 27.3 Å². The number of hydrogen-bond donors (Lipinski definition) is 1. The van der Waals surface area contributed by atoms with Gasteiger partial charge in [0.25, 0.3) is 5.78 Å². The highest BCUT2D eigenvalue weighted by molar-refractivity contribution is 7.99. The number of aromatic nitrogens is 4. The molecule has 1 amide bonds. The summed E-state index contributed by atoms with van der Waals surface area (Å²) in [5.74, 6) is 1.59. The molecule has 25 heavy (non-hydrogen) atoms. The molecule has 1 aliphatic carbocycles. The average Bonchev–Trinajstić information content (AvgIpc) is 3.38. The Morgan fingerprint density at radius 1 is 1.32 bits per heavy atom. The van der Waals surface area contributed by atoms with Crippen LogP contribution in [0.3, 0.4) is 0 Å². The van der Waals surface area contributed by atoms with Gasteiger partial charge in [-0.05, 0) is 44.4 Å². The Bertz CT molecular complexity index is 948. The van der Waals surface area contributed by atoms with Crippen LogP contribution in [0.25, 0.3) is 5.78 Å². The monoisotopic (exact) mass is 353 g/mol. The number of carbonyl (C=O) groups is 1. The Morgan fingerprint density at radius 3 is 2.88 bits per heavy atom. The van der Waals surface area contributed by atoms with E-state index in [0.717, 1.165) is 40.6 Å². The van der Waals surface area contributed by atoms with E-state index in [1.807, 2.05) is 37.3 Å². The van der Waals surface area contributed by atoms with E-state index in [9.17, 15) is 4.79 Å². The Kier molecular flexibility index (Phi) is 4.17. The molecule has 128 valence electrons. The lowest BCUT2D eigenvalue weighted by molar-refractivity contribution is -0.117. The second kappa shape index (κ2) is 6.48. The number of benzene rings is 1. The summed E-state index contributed by atoms with van der Waals surface area (Å²) >= 11 is 1.57. The Hall–Kier alpha value is -2.41. The fourth-order valence-corrected chi connectivity index (χ4v) is 3.60. The van der Waals surface area contributed by atoms with Gasteiger partial charge in [0.15, 0.2) is 0 Å². The predicted octanol–water partition coefficient (Wildman–Crippen LogP) is 3.49. The highest BCUT2D eigenvalue weighted by Gasteiger charge is 2.30. The van der Waals surface area contributed by atoms with Gasteiger partial charge in [-0.3, -0.25) is 4.79 Å². The zero-order valence-corrected chi connectivity index (χ0v) is 15.0. The molecule has 6 nitrogen and oxygen atoms in total. The quantitative estimate of drug-likeness (QED) is 0.711. The van der Waals surface area contributed by atoms with Crippen molar-refractivity contribution in [3.05, 3.63) is 41.9 Å². The molecule has 0 aliphatic heterocycles. The van der Waals surface area contributed by atoms with Gasteiger partial charge in [-0.2, -0.15) is 9.50 Å². The van der Waals surface area contributed by atoms with Crippen molar-refractivity contribution in [1.82, 2.24) is 19.6 Å². The fourth-order valence-electron chi connectivity index (χ4n) is 2.59. The number of amides is 1. The average molecular weight is 353 g/mol. The maximum absolute atomic E-state index is 12.1. The maximum Gasteiger partial charge on any atom is 0.253 e. The SMILES string of the molecule is CCc1cc(Sc2ccccc2NC(=O)C2CC2)n2nc(C)nc2n1. The van der Waals surface area contributed by atoms with Gasteiger partial charge < -0.3 is 5.32 Å². The minimum absolute atomic E-state index is 0.110. The van der Waals surface area contributed by atoms with Crippen molar-refractivity contribution in [2.24, 2.45) is 5.92 Å². The number of fused-ring (bicyclic) bond motifs is 1. The van der Waals surface area contributed by atoms with Gasteiger partial charge in [0.05, 0.1) is 5.69 Å². The van der Waals surface area contributed by atoms with Crippen LogP contribution < -0.4 is 5.32 Å². The summed E-state index contributed by atoms with van der Waals surface area (Å²) < 4.78 is 1.76. The summed E-state index contributed by atoms with van der Waals surface area (Å²) in [5.41, 5.74) is 1.81. The second-order valence-electron chi connectivity index (χ2n) is 6.17. The summed E-state index contributed by atoms with van der Waals surface area (Å²) in [6, 6.07) is 9.89. The zero-order valence-electron chi connectivity index (χ0n) is 14.2. The molecule has 2 aromatic heterocycles. The molecule has 2 heterocycles. The lowest BCUT2D eigenvalue weighted by atomic mass is 10.3. The van der Waals surface area contributed by atoms with Gasteiger partial charge in [-0.15, -0.1) is 5.10 Å². The van der Waals surface area contributed by atoms with Crippen LogP contribution in [-0.2, 0) is 11.2 Å². The van der Waals surface area contributed by atoms with Gasteiger partial charge in [0.2, 0.25) is 5.91 Å². The maximum atomic E-state index is 12.1. The largest absolute Gasteiger partial charge is 0.325 e. The van der Waals surface area contributed by atoms with Crippen LogP contribution in [0.5, 0.6) is 0 Å². The summed E-state index contributed by atoms with van der Waals surface area (Å²) in [4.78, 5) is 22.0. The third-order valence-corrected chi connectivity index (χ3v) is 5.18. The van der Waals surface area contributed by atoms with Gasteiger partial charge >= 0.3 is 0 Å². The standard InChI is InChI=1S/C18H19N5OS/c1-3-13-10-16(23-18(20-13)19-11(2)22-23)25-15-7-5-4-6-14(15)21-17(24)12-8-9-12/h4-7,10,12H,3,8-9H2,1-2H3,(H,21,24). The van der Waals surface area contributed by atoms with Crippen molar-refractivity contribution >= 4 is 29.1 Å². The van der Waals surface area contributed by atoms with E-state index >= 15 is 0 Å². The summed E-state index contributed by atoms with van der Waals surface area (Å²) in [6.07, 6.45) is 2.81. The van der Waals surface area contributed by atoms with Crippen LogP contribution in [-0.4, -0.2) is 25.5 Å². The summed E-state index contributed by atoms with van der Waals surface area (Å²) in [6.45, 7) is 3.93. The van der Waals surface area contributed by atoms with E-state index in [4.69, 9.17) is 0 Å². The normalized spacial score (nSPS) is 14.0. The molecule has 1 saturated carbocycles. The molecule has 0 bridgehead atoms. The van der Waals surface area contributed by atoms with Gasteiger partial charge in [-0.25, -0.2) is 4.98 Å². The number of carbonyl (C=O) groups excluding carboxylic acids is 1. The van der Waals surface area contributed by atoms with E-state index in [1.165, 1.54) is 0 Å². The van der Waals surface area contributed by atoms with Crippen LogP contribution in [0.15, 0.2) is 40.3 Å². The number of hydrogen-bond acceptors (Lipinski definition) is 5. The van der Waals surface area contributed by atoms with Crippen LogP contribution in [0.2, 0.25) is 0 Å². The topological polar surface area (TPSA) is 72.2 Å². The molecule has 7 heteroatoms. The molecule has 0 spiro atoms. The Labute approximate surface area is 150 Å². The second-order valence-corrected chi connectivity index (χ2v) is 7.23. The van der Waals surface area contributed by atoms with Crippen molar-refractivity contribution in [3.8, 4) is 0 Å². The highest BCUT2D eigenvalue weighted by atomic mass is 32.2. The van der Waals surface area contributed by atoms with Crippen molar-refractivity contribution in [1.29, 1.82) is 0 Å². The van der Waals surface area contributed by atoms with Crippen LogP contribution in [0.4, 0.5) is 5.69 Å². The smallest absolute Gasteiger partial charge is 0.253 e. The number of nitrogens with zero attached hydrogens (tertiary/aromatic N) is 4. The molecular weight excluding hydrogens is 334 g/mol. The molecule has 0 unspecified atom stereocenters. The molecule has 4 rings (SSSR count). The first-order valence-electron chi connectivity index (χ1n) is 8.45. The molecular formula is C18H19N5OS. The summed E-state index contributed by atoms with van der Waals surface area (Å²) in [7, 11) is 0. The van der Waals surface area contributed by atoms with E-state index in [1.54, 1.807) is 16.3 Å². The number of para-hydroxylation sites is 1. The van der Waals surface area contributed by atoms with Gasteiger partial charge in [0, 0.05) is 16.5 Å². The van der Waals surface area contributed by atoms with Crippen molar-refractivity contribution in [3.63, 3.8) is 0 Å². The first-order chi connectivity index (χ1) is 12.1. The molecule has 0 radical (unpaired) electrons. The lowest BCUT2D eigenvalue weighted by Crippen LogP contribution is -2.13. The van der Waals surface area contributed by atoms with Gasteiger partial charge in [-0.1, -0.05) is 30.8 Å². The first-order valence-corrected chi connectivity index (χ1v) is 9.26. The van der Waals surface area contributed by atoms with Crippen LogP contribution in [0, 0.1) is 12.8 Å². The number of aryl methyl sites for hydroxylation is 2. The minimum Gasteiger partial charge on any atom is -0.325 e. The zero-order chi connectivity index (χ0) is 17.4. The number of nitrogens with one attached hydrogen (secondary N) is 1. The van der Waals surface area contributed by atoms with E-state index in [0.29, 0.717) is 11.6 Å². The lowest BCUT2D eigenvalue weighted by Gasteiger charge is -2.11. The Morgan fingerprint density at radius 2 is 2.12 bits per heavy atom. The predicted molar refractivity (Wildman–Crippen MR) is 96.8 cm³/mol. The minimum atomic E-state index is 0.110. The molecule has 3 aromatic rings.